The predicted molar refractivity (Wildman–Crippen MR) is 130 cm³/mol. The number of methoxy groups -OCH3 is 1. The Bertz CT molecular complexity index is 1290. The summed E-state index contributed by atoms with van der Waals surface area (Å²) in [5.74, 6) is -0.528. The van der Waals surface area contributed by atoms with Gasteiger partial charge < -0.3 is 9.30 Å². The number of ether oxygens (including phenoxy) is 1. The molecule has 3 rings (SSSR count). The van der Waals surface area contributed by atoms with Crippen LogP contribution in [0.1, 0.15) is 27.3 Å². The van der Waals surface area contributed by atoms with Gasteiger partial charge in [-0.15, -0.1) is 0 Å². The summed E-state index contributed by atoms with van der Waals surface area (Å²) in [5, 5.41) is 4.44. The maximum absolute atomic E-state index is 12.7. The molecular weight excluding hydrogens is 464 g/mol. The third-order valence-corrected chi connectivity index (χ3v) is 6.60. The van der Waals surface area contributed by atoms with Gasteiger partial charge in [-0.2, -0.15) is 5.10 Å². The molecule has 0 aliphatic carbocycles. The third-order valence-electron chi connectivity index (χ3n) is 4.98. The normalized spacial score (nSPS) is 11.6. The minimum absolute atomic E-state index is 0.0548. The van der Waals surface area contributed by atoms with Gasteiger partial charge in [-0.25, -0.2) is 13.8 Å². The molecule has 0 aliphatic rings. The zero-order valence-electron chi connectivity index (χ0n) is 18.5. The molecule has 0 saturated heterocycles. The Labute approximate surface area is 198 Å². The molecule has 0 spiro atoms. The van der Waals surface area contributed by atoms with Crippen molar-refractivity contribution in [1.29, 1.82) is 0 Å². The van der Waals surface area contributed by atoms with Crippen LogP contribution in [-0.4, -0.2) is 38.8 Å². The zero-order valence-corrected chi connectivity index (χ0v) is 20.1. The van der Waals surface area contributed by atoms with Crippen LogP contribution in [0, 0.1) is 13.8 Å². The van der Waals surface area contributed by atoms with Crippen LogP contribution in [0.3, 0.4) is 0 Å². The number of benzene rings is 2. The molecule has 2 N–H and O–H groups in total. The maximum Gasteiger partial charge on any atom is 0.271 e. The standard InChI is InChI=1S/C23H25ClN4O4S/c1-16-12-19(17(2)28(16)10-11-32-3)15-25-26-23(29)18-6-4-9-22(13-18)33(30,31)27-21-8-5-7-20(24)14-21/h4-9,12-15,27H,10-11H2,1-3H3,(H,26,29)/b25-15+. The van der Waals surface area contributed by atoms with Crippen molar-refractivity contribution in [2.24, 2.45) is 5.10 Å². The summed E-state index contributed by atoms with van der Waals surface area (Å²) in [6.07, 6.45) is 1.56. The Morgan fingerprint density at radius 1 is 1.15 bits per heavy atom. The minimum Gasteiger partial charge on any atom is -0.383 e. The number of sulfonamides is 1. The van der Waals surface area contributed by atoms with E-state index in [0.29, 0.717) is 17.3 Å². The quantitative estimate of drug-likeness (QED) is 0.351. The van der Waals surface area contributed by atoms with Gasteiger partial charge in [-0.3, -0.25) is 9.52 Å². The molecule has 3 aromatic rings. The van der Waals surface area contributed by atoms with E-state index in [0.717, 1.165) is 23.5 Å². The van der Waals surface area contributed by atoms with E-state index in [9.17, 15) is 13.2 Å². The Morgan fingerprint density at radius 3 is 2.64 bits per heavy atom. The van der Waals surface area contributed by atoms with Crippen molar-refractivity contribution in [3.8, 4) is 0 Å². The number of hydrogen-bond donors (Lipinski definition) is 2. The van der Waals surface area contributed by atoms with Gasteiger partial charge in [0.1, 0.15) is 0 Å². The van der Waals surface area contributed by atoms with E-state index >= 15 is 0 Å². The molecule has 0 unspecified atom stereocenters. The first-order valence-corrected chi connectivity index (χ1v) is 11.9. The van der Waals surface area contributed by atoms with Crippen molar-refractivity contribution < 1.29 is 17.9 Å². The number of carbonyl (C=O) groups excluding carboxylic acids is 1. The highest BCUT2D eigenvalue weighted by Crippen LogP contribution is 2.20. The highest BCUT2D eigenvalue weighted by Gasteiger charge is 2.17. The lowest BCUT2D eigenvalue weighted by atomic mass is 10.2. The van der Waals surface area contributed by atoms with Gasteiger partial charge in [0, 0.05) is 41.2 Å². The number of amides is 1. The van der Waals surface area contributed by atoms with Gasteiger partial charge >= 0.3 is 0 Å². The molecule has 33 heavy (non-hydrogen) atoms. The Morgan fingerprint density at radius 2 is 1.91 bits per heavy atom. The number of anilines is 1. The summed E-state index contributed by atoms with van der Waals surface area (Å²) >= 11 is 5.91. The zero-order chi connectivity index (χ0) is 24.0. The van der Waals surface area contributed by atoms with Crippen LogP contribution >= 0.6 is 11.6 Å². The van der Waals surface area contributed by atoms with Gasteiger partial charge in [-0.1, -0.05) is 23.7 Å². The summed E-state index contributed by atoms with van der Waals surface area (Å²) < 4.78 is 35.1. The van der Waals surface area contributed by atoms with Crippen molar-refractivity contribution in [3.05, 3.63) is 82.1 Å². The first kappa shape index (κ1) is 24.5. The van der Waals surface area contributed by atoms with Gasteiger partial charge in [0.05, 0.1) is 23.4 Å². The van der Waals surface area contributed by atoms with Gasteiger partial charge in [0.2, 0.25) is 0 Å². The number of aryl methyl sites for hydroxylation is 1. The van der Waals surface area contributed by atoms with Gasteiger partial charge in [-0.05, 0) is 56.3 Å². The van der Waals surface area contributed by atoms with Gasteiger partial charge in [0.25, 0.3) is 15.9 Å². The van der Waals surface area contributed by atoms with E-state index in [2.05, 4.69) is 19.8 Å². The summed E-state index contributed by atoms with van der Waals surface area (Å²) in [5.41, 5.74) is 5.86. The molecule has 0 saturated carbocycles. The summed E-state index contributed by atoms with van der Waals surface area (Å²) in [4.78, 5) is 12.5. The van der Waals surface area contributed by atoms with E-state index in [1.54, 1.807) is 31.5 Å². The average Bonchev–Trinajstić information content (AvgIpc) is 3.04. The van der Waals surface area contributed by atoms with Gasteiger partial charge in [0.15, 0.2) is 0 Å². The molecule has 0 aliphatic heterocycles. The van der Waals surface area contributed by atoms with E-state index in [1.807, 2.05) is 19.9 Å². The predicted octanol–water partition coefficient (Wildman–Crippen LogP) is 3.97. The maximum atomic E-state index is 12.7. The SMILES string of the molecule is COCCn1c(C)cc(/C=N/NC(=O)c2cccc(S(=O)(=O)Nc3cccc(Cl)c3)c2)c1C. The smallest absolute Gasteiger partial charge is 0.271 e. The second-order valence-electron chi connectivity index (χ2n) is 7.31. The number of aromatic nitrogens is 1. The van der Waals surface area contributed by atoms with Crippen LogP contribution in [0.4, 0.5) is 5.69 Å². The topological polar surface area (TPSA) is 102 Å². The number of nitrogens with zero attached hydrogens (tertiary/aromatic N) is 2. The first-order valence-electron chi connectivity index (χ1n) is 10.1. The van der Waals surface area contributed by atoms with E-state index in [1.165, 1.54) is 30.3 Å². The largest absolute Gasteiger partial charge is 0.383 e. The highest BCUT2D eigenvalue weighted by atomic mass is 35.5. The Hall–Kier alpha value is -3.14. The molecule has 10 heteroatoms. The summed E-state index contributed by atoms with van der Waals surface area (Å²) in [6, 6.07) is 14.0. The van der Waals surface area contributed by atoms with E-state index in [4.69, 9.17) is 16.3 Å². The molecule has 0 fully saturated rings. The Balaban J connectivity index is 1.71. The molecule has 0 radical (unpaired) electrons. The number of halogens is 1. The van der Waals surface area contributed by atoms with Crippen LogP contribution in [0.25, 0.3) is 0 Å². The average molecular weight is 489 g/mol. The fourth-order valence-electron chi connectivity index (χ4n) is 3.28. The van der Waals surface area contributed by atoms with E-state index < -0.39 is 15.9 Å². The molecule has 0 bridgehead atoms. The molecule has 8 nitrogen and oxygen atoms in total. The van der Waals surface area contributed by atoms with Crippen molar-refractivity contribution in [2.75, 3.05) is 18.4 Å². The molecule has 1 heterocycles. The Kier molecular flexibility index (Phi) is 7.91. The fourth-order valence-corrected chi connectivity index (χ4v) is 4.57. The lowest BCUT2D eigenvalue weighted by molar-refractivity contribution is 0.0955. The molecule has 1 amide bonds. The van der Waals surface area contributed by atoms with Crippen molar-refractivity contribution in [2.45, 2.75) is 25.3 Å². The molecule has 174 valence electrons. The number of hydrazone groups is 1. The van der Waals surface area contributed by atoms with Crippen molar-refractivity contribution >= 4 is 39.4 Å². The minimum atomic E-state index is -3.91. The first-order chi connectivity index (χ1) is 15.7. The highest BCUT2D eigenvalue weighted by molar-refractivity contribution is 7.92. The third kappa shape index (κ3) is 6.22. The van der Waals surface area contributed by atoms with Crippen molar-refractivity contribution in [3.63, 3.8) is 0 Å². The summed E-state index contributed by atoms with van der Waals surface area (Å²) in [6.45, 7) is 5.27. The van der Waals surface area contributed by atoms with Crippen LogP contribution in [0.2, 0.25) is 5.02 Å². The van der Waals surface area contributed by atoms with E-state index in [-0.39, 0.29) is 10.5 Å². The number of hydrogen-bond acceptors (Lipinski definition) is 5. The second kappa shape index (κ2) is 10.7. The van der Waals surface area contributed by atoms with Crippen LogP contribution < -0.4 is 10.1 Å². The van der Waals surface area contributed by atoms with Crippen LogP contribution in [-0.2, 0) is 21.3 Å². The van der Waals surface area contributed by atoms with Crippen molar-refractivity contribution in [1.82, 2.24) is 9.99 Å². The second-order valence-corrected chi connectivity index (χ2v) is 9.43. The number of carbonyl (C=O) groups is 1. The molecular formula is C23H25ClN4O4S. The fraction of sp³-hybridized carbons (Fsp3) is 0.217. The molecule has 1 aromatic heterocycles. The lowest BCUT2D eigenvalue weighted by Crippen LogP contribution is -2.19. The summed E-state index contributed by atoms with van der Waals surface area (Å²) in [7, 11) is -2.25. The lowest BCUT2D eigenvalue weighted by Gasteiger charge is -2.09. The number of nitrogens with one attached hydrogen (secondary N) is 2. The monoisotopic (exact) mass is 488 g/mol. The van der Waals surface area contributed by atoms with Crippen LogP contribution in [0.5, 0.6) is 0 Å². The molecule has 2 aromatic carbocycles. The number of rotatable bonds is 9. The van der Waals surface area contributed by atoms with Crippen LogP contribution in [0.15, 0.2) is 64.6 Å². The molecule has 0 atom stereocenters.